The van der Waals surface area contributed by atoms with Gasteiger partial charge in [-0.1, -0.05) is 23.7 Å². The topological polar surface area (TPSA) is 64.1 Å². The summed E-state index contributed by atoms with van der Waals surface area (Å²) < 4.78 is 0. The number of benzene rings is 1. The molecular weight excluding hydrogens is 210 g/mol. The van der Waals surface area contributed by atoms with Gasteiger partial charge in [-0.15, -0.1) is 0 Å². The first-order chi connectivity index (χ1) is 7.22. The summed E-state index contributed by atoms with van der Waals surface area (Å²) >= 11 is 5.79. The van der Waals surface area contributed by atoms with E-state index in [1.807, 2.05) is 24.3 Å². The van der Waals surface area contributed by atoms with E-state index < -0.39 is 0 Å². The van der Waals surface area contributed by atoms with E-state index in [0.717, 1.165) is 24.5 Å². The Morgan fingerprint density at radius 2 is 1.93 bits per heavy atom. The number of hydrogen-bond donors (Lipinski definition) is 3. The zero-order valence-corrected chi connectivity index (χ0v) is 9.50. The summed E-state index contributed by atoms with van der Waals surface area (Å²) in [4.78, 5) is 0. The summed E-state index contributed by atoms with van der Waals surface area (Å²) in [6, 6.07) is 7.93. The second-order valence-electron chi connectivity index (χ2n) is 3.58. The Hall–Kier alpha value is -0.610. The van der Waals surface area contributed by atoms with E-state index in [1.54, 1.807) is 0 Å². The summed E-state index contributed by atoms with van der Waals surface area (Å²) in [5.74, 6) is 0. The number of nitrogens with one attached hydrogen (secondary N) is 1. The summed E-state index contributed by atoms with van der Waals surface area (Å²) in [6.07, 6.45) is 0.981. The smallest absolute Gasteiger partial charge is 0.0406 e. The SMILES string of the molecule is NCC(N)CNCCc1ccc(Cl)cc1. The molecule has 0 spiro atoms. The van der Waals surface area contributed by atoms with Crippen molar-refractivity contribution < 1.29 is 0 Å². The molecule has 5 N–H and O–H groups in total. The molecule has 0 radical (unpaired) electrons. The van der Waals surface area contributed by atoms with E-state index in [2.05, 4.69) is 5.32 Å². The highest BCUT2D eigenvalue weighted by Crippen LogP contribution is 2.09. The van der Waals surface area contributed by atoms with Crippen LogP contribution in [0.3, 0.4) is 0 Å². The second kappa shape index (κ2) is 6.80. The largest absolute Gasteiger partial charge is 0.329 e. The third-order valence-electron chi connectivity index (χ3n) is 2.21. The summed E-state index contributed by atoms with van der Waals surface area (Å²) in [5.41, 5.74) is 12.3. The molecule has 15 heavy (non-hydrogen) atoms. The van der Waals surface area contributed by atoms with Gasteiger partial charge in [-0.3, -0.25) is 0 Å². The molecule has 0 amide bonds. The van der Waals surface area contributed by atoms with Crippen molar-refractivity contribution in [3.63, 3.8) is 0 Å². The summed E-state index contributed by atoms with van der Waals surface area (Å²) in [5, 5.41) is 4.04. The second-order valence-corrected chi connectivity index (χ2v) is 4.01. The first-order valence-electron chi connectivity index (χ1n) is 5.13. The maximum Gasteiger partial charge on any atom is 0.0406 e. The number of halogens is 1. The first kappa shape index (κ1) is 12.5. The Balaban J connectivity index is 2.17. The normalized spacial score (nSPS) is 12.7. The minimum absolute atomic E-state index is 0.0511. The van der Waals surface area contributed by atoms with Crippen LogP contribution in [0.25, 0.3) is 0 Å². The molecule has 1 unspecified atom stereocenters. The highest BCUT2D eigenvalue weighted by atomic mass is 35.5. The maximum atomic E-state index is 5.79. The fourth-order valence-electron chi connectivity index (χ4n) is 1.25. The van der Waals surface area contributed by atoms with E-state index >= 15 is 0 Å². The fraction of sp³-hybridized carbons (Fsp3) is 0.455. The van der Waals surface area contributed by atoms with Crippen molar-refractivity contribution in [3.8, 4) is 0 Å². The van der Waals surface area contributed by atoms with Gasteiger partial charge in [0.15, 0.2) is 0 Å². The van der Waals surface area contributed by atoms with Crippen molar-refractivity contribution in [1.82, 2.24) is 5.32 Å². The van der Waals surface area contributed by atoms with Gasteiger partial charge in [0, 0.05) is 24.2 Å². The molecule has 3 nitrogen and oxygen atoms in total. The van der Waals surface area contributed by atoms with Gasteiger partial charge in [0.05, 0.1) is 0 Å². The molecular formula is C11H18ClN3. The van der Waals surface area contributed by atoms with Gasteiger partial charge in [-0.05, 0) is 30.7 Å². The molecule has 0 fully saturated rings. The Labute approximate surface area is 95.8 Å². The van der Waals surface area contributed by atoms with Crippen LogP contribution in [0, 0.1) is 0 Å². The molecule has 0 aliphatic carbocycles. The molecule has 0 aromatic heterocycles. The molecule has 1 aromatic rings. The van der Waals surface area contributed by atoms with Crippen molar-refractivity contribution in [3.05, 3.63) is 34.9 Å². The van der Waals surface area contributed by atoms with Gasteiger partial charge in [-0.2, -0.15) is 0 Å². The third-order valence-corrected chi connectivity index (χ3v) is 2.46. The van der Waals surface area contributed by atoms with Crippen molar-refractivity contribution in [2.75, 3.05) is 19.6 Å². The third kappa shape index (κ3) is 5.14. The lowest BCUT2D eigenvalue weighted by atomic mass is 10.1. The maximum absolute atomic E-state index is 5.79. The Morgan fingerprint density at radius 3 is 2.53 bits per heavy atom. The summed E-state index contributed by atoms with van der Waals surface area (Å²) in [6.45, 7) is 2.20. The van der Waals surface area contributed by atoms with E-state index in [-0.39, 0.29) is 6.04 Å². The van der Waals surface area contributed by atoms with Crippen LogP contribution in [0.15, 0.2) is 24.3 Å². The molecule has 0 heterocycles. The van der Waals surface area contributed by atoms with Crippen LogP contribution >= 0.6 is 11.6 Å². The zero-order chi connectivity index (χ0) is 11.1. The lowest BCUT2D eigenvalue weighted by molar-refractivity contribution is 0.583. The minimum Gasteiger partial charge on any atom is -0.329 e. The van der Waals surface area contributed by atoms with Crippen LogP contribution in [0.2, 0.25) is 5.02 Å². The number of nitrogens with two attached hydrogens (primary N) is 2. The predicted molar refractivity (Wildman–Crippen MR) is 65.1 cm³/mol. The predicted octanol–water partition coefficient (Wildman–Crippen LogP) is 0.758. The van der Waals surface area contributed by atoms with Crippen LogP contribution in [0.5, 0.6) is 0 Å². The van der Waals surface area contributed by atoms with Crippen LogP contribution in [0.1, 0.15) is 5.56 Å². The fourth-order valence-corrected chi connectivity index (χ4v) is 1.38. The monoisotopic (exact) mass is 227 g/mol. The number of hydrogen-bond acceptors (Lipinski definition) is 3. The van der Waals surface area contributed by atoms with Gasteiger partial charge in [0.1, 0.15) is 0 Å². The highest BCUT2D eigenvalue weighted by Gasteiger charge is 1.98. The van der Waals surface area contributed by atoms with Crippen LogP contribution in [-0.2, 0) is 6.42 Å². The molecule has 1 atom stereocenters. The highest BCUT2D eigenvalue weighted by molar-refractivity contribution is 6.30. The zero-order valence-electron chi connectivity index (χ0n) is 8.75. The minimum atomic E-state index is 0.0511. The number of rotatable bonds is 6. The lowest BCUT2D eigenvalue weighted by Crippen LogP contribution is -2.40. The van der Waals surface area contributed by atoms with Gasteiger partial charge in [0.2, 0.25) is 0 Å². The van der Waals surface area contributed by atoms with Gasteiger partial charge in [0.25, 0.3) is 0 Å². The molecule has 0 bridgehead atoms. The van der Waals surface area contributed by atoms with E-state index in [4.69, 9.17) is 23.1 Å². The van der Waals surface area contributed by atoms with Gasteiger partial charge < -0.3 is 16.8 Å². The Kier molecular flexibility index (Phi) is 5.65. The molecule has 4 heteroatoms. The Bertz CT molecular complexity index is 274. The summed E-state index contributed by atoms with van der Waals surface area (Å²) in [7, 11) is 0. The van der Waals surface area contributed by atoms with Crippen LogP contribution in [0.4, 0.5) is 0 Å². The lowest BCUT2D eigenvalue weighted by Gasteiger charge is -2.09. The van der Waals surface area contributed by atoms with E-state index in [1.165, 1.54) is 5.56 Å². The first-order valence-corrected chi connectivity index (χ1v) is 5.51. The average molecular weight is 228 g/mol. The van der Waals surface area contributed by atoms with Crippen LogP contribution < -0.4 is 16.8 Å². The standard InChI is InChI=1S/C11H18ClN3/c12-10-3-1-9(2-4-10)5-6-15-8-11(14)7-13/h1-4,11,15H,5-8,13-14H2. The quantitative estimate of drug-likeness (QED) is 0.629. The molecule has 1 aromatic carbocycles. The van der Waals surface area contributed by atoms with Crippen molar-refractivity contribution in [1.29, 1.82) is 0 Å². The van der Waals surface area contributed by atoms with E-state index in [9.17, 15) is 0 Å². The van der Waals surface area contributed by atoms with Crippen LogP contribution in [-0.4, -0.2) is 25.7 Å². The molecule has 0 saturated heterocycles. The van der Waals surface area contributed by atoms with E-state index in [0.29, 0.717) is 6.54 Å². The average Bonchev–Trinajstić information content (AvgIpc) is 2.26. The molecule has 0 aliphatic heterocycles. The van der Waals surface area contributed by atoms with Crippen molar-refractivity contribution in [2.45, 2.75) is 12.5 Å². The molecule has 1 rings (SSSR count). The van der Waals surface area contributed by atoms with Gasteiger partial charge >= 0.3 is 0 Å². The van der Waals surface area contributed by atoms with Crippen molar-refractivity contribution in [2.24, 2.45) is 11.5 Å². The molecule has 0 saturated carbocycles. The Morgan fingerprint density at radius 1 is 1.27 bits per heavy atom. The molecule has 84 valence electrons. The molecule has 0 aliphatic rings. The van der Waals surface area contributed by atoms with Crippen molar-refractivity contribution >= 4 is 11.6 Å². The van der Waals surface area contributed by atoms with Gasteiger partial charge in [-0.25, -0.2) is 0 Å².